The van der Waals surface area contributed by atoms with E-state index in [1.807, 2.05) is 13.0 Å². The van der Waals surface area contributed by atoms with Crippen molar-refractivity contribution in [3.63, 3.8) is 0 Å². The Hall–Kier alpha value is -1.88. The quantitative estimate of drug-likeness (QED) is 0.923. The highest BCUT2D eigenvalue weighted by Crippen LogP contribution is 2.23. The third-order valence-electron chi connectivity index (χ3n) is 5.04. The minimum atomic E-state index is -0.249. The molecular formula is C18H25N3O2. The predicted octanol–water partition coefficient (Wildman–Crippen LogP) is 1.88. The lowest BCUT2D eigenvalue weighted by atomic mass is 9.89. The van der Waals surface area contributed by atoms with Gasteiger partial charge in [0.05, 0.1) is 6.04 Å². The fourth-order valence-corrected chi connectivity index (χ4v) is 3.56. The number of urea groups is 1. The van der Waals surface area contributed by atoms with Gasteiger partial charge in [-0.3, -0.25) is 14.6 Å². The van der Waals surface area contributed by atoms with Crippen molar-refractivity contribution in [1.29, 1.82) is 0 Å². The second-order valence-electron chi connectivity index (χ2n) is 6.57. The molecule has 0 radical (unpaired) electrons. The molecule has 3 rings (SSSR count). The highest BCUT2D eigenvalue weighted by molar-refractivity contribution is 5.98. The maximum atomic E-state index is 12.5. The number of carbonyl (C=O) groups is 2. The molecule has 2 aliphatic rings. The van der Waals surface area contributed by atoms with Crippen LogP contribution >= 0.6 is 0 Å². The van der Waals surface area contributed by atoms with Crippen LogP contribution in [0.5, 0.6) is 0 Å². The maximum Gasteiger partial charge on any atom is 0.324 e. The van der Waals surface area contributed by atoms with E-state index < -0.39 is 0 Å². The number of carbonyl (C=O) groups excluding carboxylic acids is 2. The van der Waals surface area contributed by atoms with Gasteiger partial charge in [-0.25, -0.2) is 4.79 Å². The van der Waals surface area contributed by atoms with Gasteiger partial charge < -0.3 is 5.32 Å². The van der Waals surface area contributed by atoms with Crippen molar-refractivity contribution >= 4 is 11.9 Å². The predicted molar refractivity (Wildman–Crippen MR) is 89.0 cm³/mol. The number of benzene rings is 1. The van der Waals surface area contributed by atoms with Gasteiger partial charge in [-0.15, -0.1) is 0 Å². The van der Waals surface area contributed by atoms with Crippen LogP contribution in [0.25, 0.3) is 0 Å². The molecule has 1 aromatic carbocycles. The van der Waals surface area contributed by atoms with E-state index in [2.05, 4.69) is 34.5 Å². The largest absolute Gasteiger partial charge is 0.336 e. The van der Waals surface area contributed by atoms with Crippen LogP contribution < -0.4 is 5.32 Å². The molecule has 0 aliphatic carbocycles. The molecule has 0 saturated carbocycles. The number of imide groups is 1. The third-order valence-corrected chi connectivity index (χ3v) is 5.04. The topological polar surface area (TPSA) is 52.7 Å². The lowest BCUT2D eigenvalue weighted by Gasteiger charge is -2.36. The molecule has 2 saturated heterocycles. The van der Waals surface area contributed by atoms with Crippen molar-refractivity contribution in [3.05, 3.63) is 35.9 Å². The van der Waals surface area contributed by atoms with Crippen LogP contribution in [0.4, 0.5) is 4.79 Å². The van der Waals surface area contributed by atoms with Gasteiger partial charge in [-0.1, -0.05) is 30.3 Å². The van der Waals surface area contributed by atoms with Crippen molar-refractivity contribution in [1.82, 2.24) is 15.1 Å². The molecule has 124 valence electrons. The van der Waals surface area contributed by atoms with Crippen molar-refractivity contribution in [2.45, 2.75) is 32.2 Å². The number of rotatable bonds is 4. The first-order chi connectivity index (χ1) is 11.1. The van der Waals surface area contributed by atoms with Gasteiger partial charge in [0.15, 0.2) is 0 Å². The summed E-state index contributed by atoms with van der Waals surface area (Å²) in [4.78, 5) is 27.7. The van der Waals surface area contributed by atoms with Gasteiger partial charge in [-0.2, -0.15) is 0 Å². The van der Waals surface area contributed by atoms with E-state index >= 15 is 0 Å². The van der Waals surface area contributed by atoms with Crippen molar-refractivity contribution in [2.75, 3.05) is 26.2 Å². The number of amides is 3. The molecular weight excluding hydrogens is 290 g/mol. The first kappa shape index (κ1) is 16.0. The Bertz CT molecular complexity index is 553. The summed E-state index contributed by atoms with van der Waals surface area (Å²) >= 11 is 0. The van der Waals surface area contributed by atoms with Crippen LogP contribution in [0, 0.1) is 5.92 Å². The minimum absolute atomic E-state index is 0.0680. The van der Waals surface area contributed by atoms with Gasteiger partial charge in [0.1, 0.15) is 0 Å². The van der Waals surface area contributed by atoms with Crippen LogP contribution in [0.2, 0.25) is 0 Å². The first-order valence-electron chi connectivity index (χ1n) is 8.52. The van der Waals surface area contributed by atoms with E-state index in [9.17, 15) is 9.59 Å². The molecule has 5 nitrogen and oxygen atoms in total. The Morgan fingerprint density at radius 1 is 1.22 bits per heavy atom. The van der Waals surface area contributed by atoms with E-state index in [0.717, 1.165) is 32.4 Å². The molecule has 3 amide bonds. The van der Waals surface area contributed by atoms with E-state index in [-0.39, 0.29) is 18.0 Å². The van der Waals surface area contributed by atoms with Crippen LogP contribution in [0.15, 0.2) is 30.3 Å². The highest BCUT2D eigenvalue weighted by atomic mass is 16.2. The molecule has 1 atom stereocenters. The fraction of sp³-hybridized carbons (Fsp3) is 0.556. The van der Waals surface area contributed by atoms with Crippen molar-refractivity contribution in [3.8, 4) is 0 Å². The van der Waals surface area contributed by atoms with Gasteiger partial charge in [-0.05, 0) is 50.8 Å². The van der Waals surface area contributed by atoms with Gasteiger partial charge >= 0.3 is 6.03 Å². The second kappa shape index (κ2) is 7.13. The Labute approximate surface area is 137 Å². The average molecular weight is 315 g/mol. The lowest BCUT2D eigenvalue weighted by Crippen LogP contribution is -2.50. The molecule has 5 heteroatoms. The summed E-state index contributed by atoms with van der Waals surface area (Å²) in [7, 11) is 0. The van der Waals surface area contributed by atoms with Crippen molar-refractivity contribution < 1.29 is 9.59 Å². The fourth-order valence-electron chi connectivity index (χ4n) is 3.56. The monoisotopic (exact) mass is 315 g/mol. The molecule has 2 aliphatic heterocycles. The van der Waals surface area contributed by atoms with Crippen LogP contribution in [-0.2, 0) is 11.2 Å². The standard InChI is InChI=1S/C18H25N3O2/c1-14(17(22)21-12-9-19-18(21)23)20-10-7-16(8-11-20)13-15-5-3-2-4-6-15/h2-6,14,16H,7-13H2,1H3,(H,19,23)/t14-/m0/s1. The Kier molecular flexibility index (Phi) is 4.96. The summed E-state index contributed by atoms with van der Waals surface area (Å²) in [6.45, 7) is 4.84. The smallest absolute Gasteiger partial charge is 0.324 e. The Morgan fingerprint density at radius 3 is 2.52 bits per heavy atom. The summed E-state index contributed by atoms with van der Waals surface area (Å²) in [5, 5.41) is 2.69. The molecule has 1 N–H and O–H groups in total. The zero-order chi connectivity index (χ0) is 16.2. The number of hydrogen-bond acceptors (Lipinski definition) is 3. The number of nitrogens with zero attached hydrogens (tertiary/aromatic N) is 2. The molecule has 1 aromatic rings. The summed E-state index contributed by atoms with van der Waals surface area (Å²) < 4.78 is 0. The molecule has 0 bridgehead atoms. The normalized spacial score (nSPS) is 21.3. The first-order valence-corrected chi connectivity index (χ1v) is 8.52. The lowest BCUT2D eigenvalue weighted by molar-refractivity contribution is -0.133. The Morgan fingerprint density at radius 2 is 1.91 bits per heavy atom. The summed E-state index contributed by atoms with van der Waals surface area (Å²) in [6, 6.07) is 10.1. The number of nitrogens with one attached hydrogen (secondary N) is 1. The van der Waals surface area contributed by atoms with Gasteiger partial charge in [0.25, 0.3) is 0 Å². The molecule has 0 spiro atoms. The van der Waals surface area contributed by atoms with E-state index in [1.54, 1.807) is 0 Å². The molecule has 23 heavy (non-hydrogen) atoms. The highest BCUT2D eigenvalue weighted by Gasteiger charge is 2.33. The van der Waals surface area contributed by atoms with Gasteiger partial charge in [0, 0.05) is 13.1 Å². The molecule has 0 unspecified atom stereocenters. The SMILES string of the molecule is C[C@@H](C(=O)N1CCNC1=O)N1CCC(Cc2ccccc2)CC1. The zero-order valence-corrected chi connectivity index (χ0v) is 13.7. The summed E-state index contributed by atoms with van der Waals surface area (Å²) in [5.74, 6) is 0.618. The van der Waals surface area contributed by atoms with E-state index in [0.29, 0.717) is 19.0 Å². The molecule has 2 heterocycles. The van der Waals surface area contributed by atoms with Crippen molar-refractivity contribution in [2.24, 2.45) is 5.92 Å². The zero-order valence-electron chi connectivity index (χ0n) is 13.7. The van der Waals surface area contributed by atoms with Crippen LogP contribution in [0.1, 0.15) is 25.3 Å². The third kappa shape index (κ3) is 3.72. The Balaban J connectivity index is 1.50. The minimum Gasteiger partial charge on any atom is -0.336 e. The second-order valence-corrected chi connectivity index (χ2v) is 6.57. The molecule has 2 fully saturated rings. The van der Waals surface area contributed by atoms with Crippen LogP contribution in [0.3, 0.4) is 0 Å². The number of piperidine rings is 1. The van der Waals surface area contributed by atoms with Crippen LogP contribution in [-0.4, -0.2) is 54.0 Å². The summed E-state index contributed by atoms with van der Waals surface area (Å²) in [5.41, 5.74) is 1.39. The number of likely N-dealkylation sites (tertiary alicyclic amines) is 1. The average Bonchev–Trinajstić information content (AvgIpc) is 3.01. The van der Waals surface area contributed by atoms with E-state index in [4.69, 9.17) is 0 Å². The van der Waals surface area contributed by atoms with Gasteiger partial charge in [0.2, 0.25) is 5.91 Å². The summed E-state index contributed by atoms with van der Waals surface area (Å²) in [6.07, 6.45) is 3.34. The van der Waals surface area contributed by atoms with E-state index in [1.165, 1.54) is 10.5 Å². The number of hydrogen-bond donors (Lipinski definition) is 1. The maximum absolute atomic E-state index is 12.5. The molecule has 0 aromatic heterocycles.